The van der Waals surface area contributed by atoms with Crippen molar-refractivity contribution in [2.45, 2.75) is 19.3 Å². The lowest BCUT2D eigenvalue weighted by atomic mass is 10.1. The molecule has 0 bridgehead atoms. The van der Waals surface area contributed by atoms with Gasteiger partial charge in [0.2, 0.25) is 17.7 Å². The lowest BCUT2D eigenvalue weighted by molar-refractivity contribution is -0.125. The summed E-state index contributed by atoms with van der Waals surface area (Å²) >= 11 is 0. The zero-order chi connectivity index (χ0) is 21.3. The first-order valence-electron chi connectivity index (χ1n) is 9.83. The van der Waals surface area contributed by atoms with Crippen LogP contribution in [0.15, 0.2) is 48.5 Å². The zero-order valence-corrected chi connectivity index (χ0v) is 16.5. The molecule has 0 saturated carbocycles. The number of nitrogens with one attached hydrogen (secondary N) is 2. The number of nitrogens with zero attached hydrogens (tertiary/aromatic N) is 1. The molecule has 7 nitrogen and oxygen atoms in total. The molecule has 158 valence electrons. The molecule has 0 atom stereocenters. The summed E-state index contributed by atoms with van der Waals surface area (Å²) in [5.74, 6) is -0.372. The molecule has 2 aromatic rings. The van der Waals surface area contributed by atoms with Crippen molar-refractivity contribution >= 4 is 23.4 Å². The summed E-state index contributed by atoms with van der Waals surface area (Å²) in [6, 6.07) is 13.2. The maximum absolute atomic E-state index is 13.1. The number of hydrogen-bond acceptors (Lipinski definition) is 4. The lowest BCUT2D eigenvalue weighted by Gasteiger charge is -2.29. The molecule has 0 radical (unpaired) electrons. The highest BCUT2D eigenvalue weighted by molar-refractivity contribution is 5.97. The fourth-order valence-electron chi connectivity index (χ4n) is 3.17. The van der Waals surface area contributed by atoms with Gasteiger partial charge in [0.25, 0.3) is 0 Å². The quantitative estimate of drug-likeness (QED) is 0.646. The highest BCUT2D eigenvalue weighted by atomic mass is 19.1. The van der Waals surface area contributed by atoms with E-state index in [1.807, 2.05) is 24.3 Å². The molecular weight excluding hydrogens is 389 g/mol. The van der Waals surface area contributed by atoms with Crippen LogP contribution in [0.3, 0.4) is 0 Å². The Morgan fingerprint density at radius 2 is 1.73 bits per heavy atom. The van der Waals surface area contributed by atoms with E-state index < -0.39 is 0 Å². The standard InChI is InChI=1S/C22H24FN3O4/c23-17-5-3-4-16(14-17)15-21(28)25-11-10-24-20(27)8-9-22(29)26-12-13-30-19-7-2-1-6-18(19)26/h1-7,14H,8-13,15H2,(H,24,27)(H,25,28). The first kappa shape index (κ1) is 21.3. The summed E-state index contributed by atoms with van der Waals surface area (Å²) in [5, 5.41) is 5.35. The van der Waals surface area contributed by atoms with Gasteiger partial charge in [0.1, 0.15) is 18.2 Å². The van der Waals surface area contributed by atoms with Gasteiger partial charge in [-0.3, -0.25) is 14.4 Å². The van der Waals surface area contributed by atoms with Crippen LogP contribution in [0, 0.1) is 5.82 Å². The number of para-hydroxylation sites is 2. The number of benzene rings is 2. The molecule has 0 fully saturated rings. The van der Waals surface area contributed by atoms with E-state index in [0.717, 1.165) is 5.69 Å². The summed E-state index contributed by atoms with van der Waals surface area (Å²) in [6.45, 7) is 1.38. The fraction of sp³-hybridized carbons (Fsp3) is 0.318. The second kappa shape index (κ2) is 10.4. The fourth-order valence-corrected chi connectivity index (χ4v) is 3.17. The van der Waals surface area contributed by atoms with E-state index in [1.165, 1.54) is 12.1 Å². The van der Waals surface area contributed by atoms with E-state index in [4.69, 9.17) is 4.74 Å². The third-order valence-electron chi connectivity index (χ3n) is 4.62. The van der Waals surface area contributed by atoms with E-state index in [2.05, 4.69) is 10.6 Å². The molecule has 0 unspecified atom stereocenters. The summed E-state index contributed by atoms with van der Waals surface area (Å²) in [4.78, 5) is 38.0. The van der Waals surface area contributed by atoms with Crippen molar-refractivity contribution in [3.8, 4) is 5.75 Å². The Bertz CT molecular complexity index is 919. The molecule has 0 aromatic heterocycles. The van der Waals surface area contributed by atoms with E-state index in [9.17, 15) is 18.8 Å². The molecule has 0 spiro atoms. The number of amides is 3. The van der Waals surface area contributed by atoms with Crippen LogP contribution in [0.4, 0.5) is 10.1 Å². The van der Waals surface area contributed by atoms with Crippen LogP contribution in [0.1, 0.15) is 18.4 Å². The number of rotatable bonds is 8. The van der Waals surface area contributed by atoms with Gasteiger partial charge in [-0.2, -0.15) is 0 Å². The van der Waals surface area contributed by atoms with Crippen molar-refractivity contribution in [1.29, 1.82) is 0 Å². The highest BCUT2D eigenvalue weighted by Crippen LogP contribution is 2.31. The van der Waals surface area contributed by atoms with Crippen molar-refractivity contribution in [3.63, 3.8) is 0 Å². The van der Waals surface area contributed by atoms with E-state index >= 15 is 0 Å². The minimum absolute atomic E-state index is 0.0651. The molecule has 3 amide bonds. The molecule has 0 saturated heterocycles. The van der Waals surface area contributed by atoms with Gasteiger partial charge >= 0.3 is 0 Å². The topological polar surface area (TPSA) is 87.7 Å². The molecule has 1 aliphatic heterocycles. The van der Waals surface area contributed by atoms with Crippen molar-refractivity contribution < 1.29 is 23.5 Å². The predicted octanol–water partition coefficient (Wildman–Crippen LogP) is 1.81. The minimum atomic E-state index is -0.386. The number of halogens is 1. The molecule has 0 aliphatic carbocycles. The molecule has 8 heteroatoms. The zero-order valence-electron chi connectivity index (χ0n) is 16.5. The summed E-state index contributed by atoms with van der Waals surface area (Å²) in [6.07, 6.45) is 0.225. The van der Waals surface area contributed by atoms with Gasteiger partial charge in [-0.1, -0.05) is 24.3 Å². The van der Waals surface area contributed by atoms with Crippen LogP contribution in [-0.4, -0.2) is 44.0 Å². The predicted molar refractivity (Wildman–Crippen MR) is 110 cm³/mol. The van der Waals surface area contributed by atoms with Gasteiger partial charge in [-0.15, -0.1) is 0 Å². The Balaban J connectivity index is 1.33. The number of fused-ring (bicyclic) bond motifs is 1. The van der Waals surface area contributed by atoms with Crippen molar-refractivity contribution in [2.24, 2.45) is 0 Å². The van der Waals surface area contributed by atoms with Crippen molar-refractivity contribution in [3.05, 3.63) is 59.9 Å². The third-order valence-corrected chi connectivity index (χ3v) is 4.62. The number of ether oxygens (including phenoxy) is 1. The minimum Gasteiger partial charge on any atom is -0.490 e. The van der Waals surface area contributed by atoms with Gasteiger partial charge in [0.05, 0.1) is 18.7 Å². The molecule has 1 aliphatic rings. The monoisotopic (exact) mass is 413 g/mol. The first-order valence-corrected chi connectivity index (χ1v) is 9.83. The number of carbonyl (C=O) groups is 3. The molecule has 30 heavy (non-hydrogen) atoms. The summed E-state index contributed by atoms with van der Waals surface area (Å²) < 4.78 is 18.7. The van der Waals surface area contributed by atoms with E-state index in [-0.39, 0.29) is 55.9 Å². The SMILES string of the molecule is O=C(CCC(=O)N1CCOc2ccccc21)NCCNC(=O)Cc1cccc(F)c1. The molecular formula is C22H24FN3O4. The van der Waals surface area contributed by atoms with Crippen LogP contribution in [0.25, 0.3) is 0 Å². The van der Waals surface area contributed by atoms with Crippen molar-refractivity contribution in [1.82, 2.24) is 10.6 Å². The van der Waals surface area contributed by atoms with Crippen LogP contribution < -0.4 is 20.3 Å². The van der Waals surface area contributed by atoms with Gasteiger partial charge < -0.3 is 20.3 Å². The normalized spacial score (nSPS) is 12.5. The number of carbonyl (C=O) groups excluding carboxylic acids is 3. The highest BCUT2D eigenvalue weighted by Gasteiger charge is 2.23. The van der Waals surface area contributed by atoms with Crippen LogP contribution >= 0.6 is 0 Å². The Morgan fingerprint density at radius 3 is 2.53 bits per heavy atom. The Hall–Kier alpha value is -3.42. The summed E-state index contributed by atoms with van der Waals surface area (Å²) in [5.41, 5.74) is 1.30. The smallest absolute Gasteiger partial charge is 0.227 e. The second-order valence-corrected chi connectivity index (χ2v) is 6.87. The molecule has 2 N–H and O–H groups in total. The Morgan fingerprint density at radius 1 is 0.967 bits per heavy atom. The van der Waals surface area contributed by atoms with Crippen LogP contribution in [-0.2, 0) is 20.8 Å². The average Bonchev–Trinajstić information content (AvgIpc) is 2.74. The largest absolute Gasteiger partial charge is 0.490 e. The molecule has 1 heterocycles. The first-order chi connectivity index (χ1) is 14.5. The van der Waals surface area contributed by atoms with Crippen LogP contribution in [0.2, 0.25) is 0 Å². The van der Waals surface area contributed by atoms with E-state index in [0.29, 0.717) is 24.5 Å². The number of hydrogen-bond donors (Lipinski definition) is 2. The summed E-state index contributed by atoms with van der Waals surface area (Å²) in [7, 11) is 0. The maximum atomic E-state index is 13.1. The van der Waals surface area contributed by atoms with Crippen molar-refractivity contribution in [2.75, 3.05) is 31.1 Å². The maximum Gasteiger partial charge on any atom is 0.227 e. The lowest BCUT2D eigenvalue weighted by Crippen LogP contribution is -2.39. The number of anilines is 1. The second-order valence-electron chi connectivity index (χ2n) is 6.87. The average molecular weight is 413 g/mol. The molecule has 2 aromatic carbocycles. The van der Waals surface area contributed by atoms with Crippen LogP contribution in [0.5, 0.6) is 5.75 Å². The third kappa shape index (κ3) is 6.04. The van der Waals surface area contributed by atoms with E-state index in [1.54, 1.807) is 17.0 Å². The Labute approximate surface area is 174 Å². The van der Waals surface area contributed by atoms with Gasteiger partial charge in [0, 0.05) is 25.9 Å². The van der Waals surface area contributed by atoms with Gasteiger partial charge in [-0.05, 0) is 29.8 Å². The van der Waals surface area contributed by atoms with Gasteiger partial charge in [-0.25, -0.2) is 4.39 Å². The van der Waals surface area contributed by atoms with Gasteiger partial charge in [0.15, 0.2) is 0 Å². The Kier molecular flexibility index (Phi) is 7.37. The molecule has 3 rings (SSSR count).